The van der Waals surface area contributed by atoms with Crippen molar-refractivity contribution in [1.29, 1.82) is 0 Å². The molecule has 0 saturated carbocycles. The van der Waals surface area contributed by atoms with Crippen LogP contribution in [0.5, 0.6) is 0 Å². The zero-order valence-electron chi connectivity index (χ0n) is 17.9. The van der Waals surface area contributed by atoms with Crippen LogP contribution in [-0.4, -0.2) is 60.5 Å². The minimum absolute atomic E-state index is 0.0334. The first-order valence-electron chi connectivity index (χ1n) is 10.5. The van der Waals surface area contributed by atoms with Crippen molar-refractivity contribution < 1.29 is 19.1 Å². The second kappa shape index (κ2) is 12.4. The topological polar surface area (TPSA) is 152 Å². The summed E-state index contributed by atoms with van der Waals surface area (Å²) in [6.07, 6.45) is 1.42. The molecular formula is C21H32N6O4. The van der Waals surface area contributed by atoms with Crippen molar-refractivity contribution in [3.63, 3.8) is 0 Å². The summed E-state index contributed by atoms with van der Waals surface area (Å²) in [6, 6.07) is 7.87. The highest BCUT2D eigenvalue weighted by Gasteiger charge is 2.37. The summed E-state index contributed by atoms with van der Waals surface area (Å²) in [5.74, 6) is -0.525. The zero-order chi connectivity index (χ0) is 22.6. The van der Waals surface area contributed by atoms with E-state index in [1.165, 1.54) is 4.90 Å². The molecule has 10 nitrogen and oxygen atoms in total. The number of carbonyl (C=O) groups excluding carboxylic acids is 3. The molecule has 3 amide bonds. The number of hydrogen-bond donors (Lipinski definition) is 4. The number of likely N-dealkylation sites (N-methyl/N-ethyl adjacent to an activating group) is 1. The maximum Gasteiger partial charge on any atom is 0.408 e. The number of likely N-dealkylation sites (tertiary alicyclic amines) is 1. The number of amides is 3. The van der Waals surface area contributed by atoms with Crippen molar-refractivity contribution >= 4 is 23.9 Å². The summed E-state index contributed by atoms with van der Waals surface area (Å²) in [5.41, 5.74) is 11.5. The highest BCUT2D eigenvalue weighted by atomic mass is 16.5. The lowest BCUT2D eigenvalue weighted by Gasteiger charge is -2.28. The van der Waals surface area contributed by atoms with E-state index in [-0.39, 0.29) is 24.4 Å². The first-order chi connectivity index (χ1) is 14.9. The number of alkyl carbamates (subject to hydrolysis) is 1. The second-order valence-electron chi connectivity index (χ2n) is 7.29. The predicted molar refractivity (Wildman–Crippen MR) is 117 cm³/mol. The fourth-order valence-electron chi connectivity index (χ4n) is 3.46. The number of nitrogens with two attached hydrogens (primary N) is 2. The van der Waals surface area contributed by atoms with E-state index in [1.807, 2.05) is 37.3 Å². The Balaban J connectivity index is 2.02. The molecule has 1 aromatic carbocycles. The SMILES string of the molecule is CCNC(=O)C1CCCN1C(=O)C(CCCN=C(N)N)NC(=O)OCc1ccccc1. The van der Waals surface area contributed by atoms with Crippen LogP contribution >= 0.6 is 0 Å². The fraction of sp³-hybridized carbons (Fsp3) is 0.524. The Hall–Kier alpha value is -3.30. The number of hydrogen-bond acceptors (Lipinski definition) is 5. The number of nitrogens with one attached hydrogen (secondary N) is 2. The van der Waals surface area contributed by atoms with E-state index in [2.05, 4.69) is 15.6 Å². The standard InChI is InChI=1S/C21H32N6O4/c1-2-24-18(28)17-11-7-13-27(17)19(29)16(10-6-12-25-20(22)23)26-21(30)31-14-15-8-4-3-5-9-15/h3-5,8-9,16-17H,2,6-7,10-14H2,1H3,(H,24,28)(H,26,30)(H4,22,23,25). The number of nitrogens with zero attached hydrogens (tertiary/aromatic N) is 2. The Kier molecular flexibility index (Phi) is 9.60. The number of carbonyl (C=O) groups is 3. The maximum atomic E-state index is 13.2. The van der Waals surface area contributed by atoms with E-state index >= 15 is 0 Å². The third-order valence-corrected chi connectivity index (χ3v) is 4.94. The first kappa shape index (κ1) is 24.0. The largest absolute Gasteiger partial charge is 0.445 e. The van der Waals surface area contributed by atoms with Crippen LogP contribution in [0.15, 0.2) is 35.3 Å². The molecule has 0 aliphatic carbocycles. The molecular weight excluding hydrogens is 400 g/mol. The van der Waals surface area contributed by atoms with Crippen molar-refractivity contribution in [3.8, 4) is 0 Å². The average molecular weight is 433 g/mol. The predicted octanol–water partition coefficient (Wildman–Crippen LogP) is 0.462. The van der Waals surface area contributed by atoms with E-state index in [0.29, 0.717) is 38.9 Å². The summed E-state index contributed by atoms with van der Waals surface area (Å²) >= 11 is 0. The van der Waals surface area contributed by atoms with Crippen LogP contribution in [0.2, 0.25) is 0 Å². The second-order valence-corrected chi connectivity index (χ2v) is 7.29. The van der Waals surface area contributed by atoms with Crippen LogP contribution in [0, 0.1) is 0 Å². The zero-order valence-corrected chi connectivity index (χ0v) is 17.9. The van der Waals surface area contributed by atoms with Gasteiger partial charge in [-0.2, -0.15) is 0 Å². The molecule has 1 aliphatic rings. The first-order valence-corrected chi connectivity index (χ1v) is 10.5. The van der Waals surface area contributed by atoms with Gasteiger partial charge in [0.25, 0.3) is 0 Å². The van der Waals surface area contributed by atoms with Gasteiger partial charge in [0.05, 0.1) is 0 Å². The molecule has 1 heterocycles. The van der Waals surface area contributed by atoms with E-state index in [0.717, 1.165) is 12.0 Å². The molecule has 1 aromatic rings. The Bertz CT molecular complexity index is 766. The number of guanidine groups is 1. The molecule has 6 N–H and O–H groups in total. The lowest BCUT2D eigenvalue weighted by atomic mass is 10.1. The van der Waals surface area contributed by atoms with Crippen molar-refractivity contribution in [1.82, 2.24) is 15.5 Å². The highest BCUT2D eigenvalue weighted by Crippen LogP contribution is 2.20. The Labute approximate surface area is 182 Å². The van der Waals surface area contributed by atoms with Gasteiger partial charge in [-0.1, -0.05) is 30.3 Å². The molecule has 0 bridgehead atoms. The van der Waals surface area contributed by atoms with Gasteiger partial charge < -0.3 is 31.7 Å². The maximum absolute atomic E-state index is 13.2. The molecule has 2 atom stereocenters. The van der Waals surface area contributed by atoms with Gasteiger partial charge in [-0.05, 0) is 38.2 Å². The summed E-state index contributed by atoms with van der Waals surface area (Å²) in [5, 5.41) is 5.41. The Morgan fingerprint density at radius 2 is 2.00 bits per heavy atom. The van der Waals surface area contributed by atoms with Crippen molar-refractivity contribution in [2.24, 2.45) is 16.5 Å². The van der Waals surface area contributed by atoms with Crippen LogP contribution in [0.3, 0.4) is 0 Å². The van der Waals surface area contributed by atoms with Crippen LogP contribution in [0.25, 0.3) is 0 Å². The highest BCUT2D eigenvalue weighted by molar-refractivity contribution is 5.91. The smallest absolute Gasteiger partial charge is 0.408 e. The number of benzene rings is 1. The van der Waals surface area contributed by atoms with E-state index in [4.69, 9.17) is 16.2 Å². The van der Waals surface area contributed by atoms with E-state index in [1.54, 1.807) is 0 Å². The molecule has 0 aromatic heterocycles. The van der Waals surface area contributed by atoms with Gasteiger partial charge in [-0.25, -0.2) is 4.79 Å². The van der Waals surface area contributed by atoms with Gasteiger partial charge in [0.15, 0.2) is 5.96 Å². The normalized spacial score (nSPS) is 16.3. The van der Waals surface area contributed by atoms with Crippen LogP contribution in [0.1, 0.15) is 38.2 Å². The molecule has 0 radical (unpaired) electrons. The van der Waals surface area contributed by atoms with Crippen molar-refractivity contribution in [3.05, 3.63) is 35.9 Å². The van der Waals surface area contributed by atoms with E-state index in [9.17, 15) is 14.4 Å². The average Bonchev–Trinajstić information content (AvgIpc) is 3.25. The lowest BCUT2D eigenvalue weighted by molar-refractivity contribution is -0.140. The minimum Gasteiger partial charge on any atom is -0.445 e. The van der Waals surface area contributed by atoms with Gasteiger partial charge in [-0.3, -0.25) is 14.6 Å². The van der Waals surface area contributed by atoms with Crippen LogP contribution in [0.4, 0.5) is 4.79 Å². The summed E-state index contributed by atoms with van der Waals surface area (Å²) in [6.45, 7) is 3.20. The molecule has 1 aliphatic heterocycles. The molecule has 0 spiro atoms. The quantitative estimate of drug-likeness (QED) is 0.239. The molecule has 31 heavy (non-hydrogen) atoms. The third-order valence-electron chi connectivity index (χ3n) is 4.94. The summed E-state index contributed by atoms with van der Waals surface area (Å²) < 4.78 is 5.26. The molecule has 10 heteroatoms. The minimum atomic E-state index is -0.840. The summed E-state index contributed by atoms with van der Waals surface area (Å²) in [7, 11) is 0. The molecule has 2 rings (SSSR count). The Morgan fingerprint density at radius 3 is 2.68 bits per heavy atom. The van der Waals surface area contributed by atoms with Gasteiger partial charge in [0.2, 0.25) is 11.8 Å². The van der Waals surface area contributed by atoms with Gasteiger partial charge in [0.1, 0.15) is 18.7 Å². The van der Waals surface area contributed by atoms with Gasteiger partial charge >= 0.3 is 6.09 Å². The lowest BCUT2D eigenvalue weighted by Crippen LogP contribution is -2.53. The molecule has 1 fully saturated rings. The van der Waals surface area contributed by atoms with Crippen LogP contribution < -0.4 is 22.1 Å². The molecule has 1 saturated heterocycles. The number of aliphatic imine (C=N–C) groups is 1. The van der Waals surface area contributed by atoms with Crippen LogP contribution in [-0.2, 0) is 20.9 Å². The molecule has 2 unspecified atom stereocenters. The Morgan fingerprint density at radius 1 is 1.26 bits per heavy atom. The van der Waals surface area contributed by atoms with Crippen molar-refractivity contribution in [2.45, 2.75) is 51.3 Å². The molecule has 170 valence electrons. The number of ether oxygens (including phenoxy) is 1. The fourth-order valence-corrected chi connectivity index (χ4v) is 3.46. The third kappa shape index (κ3) is 7.80. The summed E-state index contributed by atoms with van der Waals surface area (Å²) in [4.78, 5) is 43.3. The van der Waals surface area contributed by atoms with Crippen molar-refractivity contribution in [2.75, 3.05) is 19.6 Å². The van der Waals surface area contributed by atoms with Gasteiger partial charge in [-0.15, -0.1) is 0 Å². The van der Waals surface area contributed by atoms with E-state index < -0.39 is 18.2 Å². The number of rotatable bonds is 10. The monoisotopic (exact) mass is 432 g/mol. The van der Waals surface area contributed by atoms with Gasteiger partial charge in [0, 0.05) is 19.6 Å².